The zero-order valence-electron chi connectivity index (χ0n) is 11.5. The number of hydrogen-bond acceptors (Lipinski definition) is 7. The summed E-state index contributed by atoms with van der Waals surface area (Å²) in [7, 11) is -4.25. The predicted octanol–water partition coefficient (Wildman–Crippen LogP) is 1.15. The Bertz CT molecular complexity index is 717. The summed E-state index contributed by atoms with van der Waals surface area (Å²) in [5, 5.41) is 0. The highest BCUT2D eigenvalue weighted by atomic mass is 32.2. The number of halogens is 3. The molecule has 0 fully saturated rings. The van der Waals surface area contributed by atoms with E-state index in [-0.39, 0.29) is 30.0 Å². The van der Waals surface area contributed by atoms with Gasteiger partial charge >= 0.3 is 15.6 Å². The van der Waals surface area contributed by atoms with Crippen LogP contribution in [0.15, 0.2) is 0 Å². The lowest BCUT2D eigenvalue weighted by atomic mass is 10.2. The zero-order chi connectivity index (χ0) is 16.7. The van der Waals surface area contributed by atoms with E-state index in [4.69, 9.17) is 0 Å². The molecule has 1 aliphatic rings. The number of likely N-dealkylation sites (N-methyl/N-ethyl adjacent to an activating group) is 1. The van der Waals surface area contributed by atoms with E-state index in [9.17, 15) is 26.4 Å². The van der Waals surface area contributed by atoms with Crippen molar-refractivity contribution < 1.29 is 35.3 Å². The maximum absolute atomic E-state index is 12.5. The van der Waals surface area contributed by atoms with Crippen molar-refractivity contribution in [2.45, 2.75) is 18.9 Å². The maximum atomic E-state index is 12.5. The summed E-state index contributed by atoms with van der Waals surface area (Å²) >= 11 is 0. The lowest BCUT2D eigenvalue weighted by Gasteiger charge is -2.17. The molecule has 0 radical (unpaired) electrons. The van der Waals surface area contributed by atoms with Crippen molar-refractivity contribution >= 4 is 22.4 Å². The minimum atomic E-state index is -5.89. The highest BCUT2D eigenvalue weighted by Crippen LogP contribution is 2.43. The number of anilines is 1. The number of carbonyl (C=O) groups is 1. The molecule has 0 unspecified atom stereocenters. The van der Waals surface area contributed by atoms with E-state index in [1.165, 1.54) is 6.92 Å². The van der Waals surface area contributed by atoms with E-state index in [2.05, 4.69) is 13.9 Å². The van der Waals surface area contributed by atoms with Gasteiger partial charge in [0.15, 0.2) is 11.5 Å². The van der Waals surface area contributed by atoms with Crippen molar-refractivity contribution in [1.82, 2.24) is 4.98 Å². The van der Waals surface area contributed by atoms with Crippen molar-refractivity contribution in [2.24, 2.45) is 0 Å². The second-order valence-corrected chi connectivity index (χ2v) is 6.06. The summed E-state index contributed by atoms with van der Waals surface area (Å²) in [4.78, 5) is 16.2. The first-order valence-electron chi connectivity index (χ1n) is 5.94. The van der Waals surface area contributed by atoms with E-state index < -0.39 is 27.1 Å². The molecule has 2 heterocycles. The molecule has 2 rings (SSSR count). The second kappa shape index (κ2) is 5.30. The van der Waals surface area contributed by atoms with E-state index in [1.54, 1.807) is 11.9 Å². The maximum Gasteiger partial charge on any atom is 0.534 e. The van der Waals surface area contributed by atoms with Crippen molar-refractivity contribution in [3.05, 3.63) is 11.3 Å². The number of alkyl halides is 3. The SMILES string of the molecule is Cc1nc2c(c(OS(=O)(=O)C(F)(F)F)c1OC=O)CCN2C. The van der Waals surface area contributed by atoms with Crippen LogP contribution in [0.3, 0.4) is 0 Å². The molecular weight excluding hydrogens is 329 g/mol. The Morgan fingerprint density at radius 1 is 1.32 bits per heavy atom. The van der Waals surface area contributed by atoms with Gasteiger partial charge in [0.05, 0.1) is 5.69 Å². The minimum Gasteiger partial charge on any atom is -0.423 e. The molecule has 122 valence electrons. The van der Waals surface area contributed by atoms with Crippen molar-refractivity contribution in [3.63, 3.8) is 0 Å². The van der Waals surface area contributed by atoms with E-state index in [0.29, 0.717) is 6.54 Å². The third kappa shape index (κ3) is 2.67. The van der Waals surface area contributed by atoms with Crippen LogP contribution < -0.4 is 13.8 Å². The van der Waals surface area contributed by atoms with E-state index in [1.807, 2.05) is 0 Å². The van der Waals surface area contributed by atoms with Gasteiger partial charge in [-0.05, 0) is 13.3 Å². The number of aryl methyl sites for hydroxylation is 1. The summed E-state index contributed by atoms with van der Waals surface area (Å²) in [6.45, 7) is 1.73. The molecule has 1 aromatic rings. The Hall–Kier alpha value is -2.04. The van der Waals surface area contributed by atoms with Crippen LogP contribution in [0, 0.1) is 6.92 Å². The van der Waals surface area contributed by atoms with Gasteiger partial charge in [0, 0.05) is 19.2 Å². The third-order valence-electron chi connectivity index (χ3n) is 3.05. The fraction of sp³-hybridized carbons (Fsp3) is 0.455. The van der Waals surface area contributed by atoms with Crippen LogP contribution in [-0.4, -0.2) is 39.0 Å². The third-order valence-corrected chi connectivity index (χ3v) is 4.01. The molecule has 0 saturated carbocycles. The summed E-state index contributed by atoms with van der Waals surface area (Å²) in [5.74, 6) is -0.823. The first-order valence-corrected chi connectivity index (χ1v) is 7.35. The van der Waals surface area contributed by atoms with Crippen LogP contribution in [0.5, 0.6) is 11.5 Å². The molecule has 0 aliphatic carbocycles. The number of carbonyl (C=O) groups excluding carboxylic acids is 1. The first kappa shape index (κ1) is 16.3. The summed E-state index contributed by atoms with van der Waals surface area (Å²) < 4.78 is 68.8. The molecule has 0 atom stereocenters. The number of fused-ring (bicyclic) bond motifs is 1. The van der Waals surface area contributed by atoms with Gasteiger partial charge in [0.2, 0.25) is 0 Å². The van der Waals surface area contributed by atoms with E-state index >= 15 is 0 Å². The minimum absolute atomic E-state index is 0.0342. The molecule has 0 amide bonds. The Labute approximate surface area is 123 Å². The monoisotopic (exact) mass is 340 g/mol. The fourth-order valence-electron chi connectivity index (χ4n) is 2.04. The quantitative estimate of drug-likeness (QED) is 0.462. The van der Waals surface area contributed by atoms with Gasteiger partial charge in [-0.3, -0.25) is 4.79 Å². The molecule has 11 heteroatoms. The normalized spacial score (nSPS) is 14.7. The average molecular weight is 340 g/mol. The lowest BCUT2D eigenvalue weighted by Crippen LogP contribution is -2.28. The summed E-state index contributed by atoms with van der Waals surface area (Å²) in [5.41, 5.74) is -5.43. The molecule has 0 aromatic carbocycles. The Kier molecular flexibility index (Phi) is 3.94. The average Bonchev–Trinajstić information content (AvgIpc) is 2.74. The van der Waals surface area contributed by atoms with Crippen LogP contribution in [0.1, 0.15) is 11.3 Å². The summed E-state index contributed by atoms with van der Waals surface area (Å²) in [6, 6.07) is 0. The molecule has 0 saturated heterocycles. The van der Waals surface area contributed by atoms with E-state index in [0.717, 1.165) is 0 Å². The number of rotatable bonds is 4. The molecule has 7 nitrogen and oxygen atoms in total. The van der Waals surface area contributed by atoms with Gasteiger partial charge in [-0.25, -0.2) is 4.98 Å². The van der Waals surface area contributed by atoms with Crippen molar-refractivity contribution in [3.8, 4) is 11.5 Å². The highest BCUT2D eigenvalue weighted by Gasteiger charge is 2.49. The molecular formula is C11H11F3N2O5S. The number of pyridine rings is 1. The lowest BCUT2D eigenvalue weighted by molar-refractivity contribution is -0.120. The Morgan fingerprint density at radius 2 is 1.95 bits per heavy atom. The van der Waals surface area contributed by atoms with Crippen LogP contribution in [0.4, 0.5) is 19.0 Å². The molecule has 0 spiro atoms. The van der Waals surface area contributed by atoms with Gasteiger partial charge in [0.1, 0.15) is 5.82 Å². The predicted molar refractivity (Wildman–Crippen MR) is 68.2 cm³/mol. The number of nitrogens with zero attached hydrogens (tertiary/aromatic N) is 2. The van der Waals surface area contributed by atoms with Gasteiger partial charge in [0.25, 0.3) is 6.47 Å². The topological polar surface area (TPSA) is 85.8 Å². The van der Waals surface area contributed by atoms with Crippen molar-refractivity contribution in [2.75, 3.05) is 18.5 Å². The van der Waals surface area contributed by atoms with Crippen LogP contribution in [-0.2, 0) is 21.3 Å². The van der Waals surface area contributed by atoms with Gasteiger partial charge < -0.3 is 13.8 Å². The smallest absolute Gasteiger partial charge is 0.423 e. The largest absolute Gasteiger partial charge is 0.534 e. The standard InChI is InChI=1S/C11H11F3N2O5S/c1-6-8(20-5-17)9(21-22(18,19)11(12,13)14)7-3-4-16(2)10(7)15-6/h5H,3-4H2,1-2H3. The van der Waals surface area contributed by atoms with Gasteiger partial charge in [-0.2, -0.15) is 21.6 Å². The van der Waals surface area contributed by atoms with Crippen LogP contribution in [0.2, 0.25) is 0 Å². The second-order valence-electron chi connectivity index (χ2n) is 4.53. The molecule has 22 heavy (non-hydrogen) atoms. The first-order chi connectivity index (χ1) is 10.1. The van der Waals surface area contributed by atoms with Crippen LogP contribution >= 0.6 is 0 Å². The number of ether oxygens (including phenoxy) is 1. The molecule has 0 N–H and O–H groups in total. The van der Waals surface area contributed by atoms with Crippen molar-refractivity contribution in [1.29, 1.82) is 0 Å². The van der Waals surface area contributed by atoms with Gasteiger partial charge in [-0.1, -0.05) is 0 Å². The Balaban J connectivity index is 2.63. The molecule has 0 bridgehead atoms. The fourth-order valence-corrected chi connectivity index (χ4v) is 2.53. The highest BCUT2D eigenvalue weighted by molar-refractivity contribution is 7.88. The number of hydrogen-bond donors (Lipinski definition) is 0. The Morgan fingerprint density at radius 3 is 2.50 bits per heavy atom. The number of aromatic nitrogens is 1. The van der Waals surface area contributed by atoms with Crippen LogP contribution in [0.25, 0.3) is 0 Å². The molecule has 1 aromatic heterocycles. The van der Waals surface area contributed by atoms with Gasteiger partial charge in [-0.15, -0.1) is 0 Å². The summed E-state index contributed by atoms with van der Waals surface area (Å²) in [6.07, 6.45) is 0.205. The molecule has 1 aliphatic heterocycles. The zero-order valence-corrected chi connectivity index (χ0v) is 12.3.